The fraction of sp³-hybridized carbons (Fsp3) is 0.125. The van der Waals surface area contributed by atoms with Crippen molar-refractivity contribution in [3.05, 3.63) is 40.7 Å². The Bertz CT molecular complexity index is 216. The highest BCUT2D eigenvalue weighted by molar-refractivity contribution is 9.10. The molecule has 1 aromatic rings. The van der Waals surface area contributed by atoms with E-state index in [1.807, 2.05) is 18.2 Å². The van der Waals surface area contributed by atoms with Gasteiger partial charge in [-0.1, -0.05) is 28.1 Å². The number of benzene rings is 1. The summed E-state index contributed by atoms with van der Waals surface area (Å²) >= 11 is 3.41. The van der Waals surface area contributed by atoms with Crippen LogP contribution < -0.4 is 0 Å². The van der Waals surface area contributed by atoms with E-state index in [0.717, 1.165) is 10.0 Å². The number of hydrogen-bond donors (Lipinski definition) is 0. The van der Waals surface area contributed by atoms with Gasteiger partial charge < -0.3 is 0 Å². The average Bonchev–Trinajstić information content (AvgIpc) is 1.80. The molecule has 0 aliphatic heterocycles. The van der Waals surface area contributed by atoms with Crippen molar-refractivity contribution >= 4 is 15.9 Å². The Hall–Kier alpha value is -0.300. The zero-order valence-electron chi connectivity index (χ0n) is 5.32. The molecule has 0 spiro atoms. The molecule has 0 amide bonds. The molecule has 1 aromatic carbocycles. The van der Waals surface area contributed by atoms with Gasteiger partial charge in [-0.15, -0.1) is 0 Å². The topological polar surface area (TPSA) is 0 Å². The normalized spacial score (nSPS) is 9.67. The van der Waals surface area contributed by atoms with Crippen molar-refractivity contribution in [1.29, 1.82) is 0 Å². The second kappa shape index (κ2) is 2.53. The molecular weight excluding hydrogens is 176 g/mol. The molecule has 0 saturated heterocycles. The van der Waals surface area contributed by atoms with Crippen molar-refractivity contribution in [3.8, 4) is 0 Å². The van der Waals surface area contributed by atoms with Crippen LogP contribution in [0.3, 0.4) is 0 Å². The number of hydrogen-bond acceptors (Lipinski definition) is 0. The Morgan fingerprint density at radius 1 is 1.44 bits per heavy atom. The molecule has 0 nitrogen and oxygen atoms in total. The first-order valence-corrected chi connectivity index (χ1v) is 3.57. The fourth-order valence-corrected chi connectivity index (χ4v) is 1.06. The lowest BCUT2D eigenvalue weighted by Crippen LogP contribution is -1.75. The van der Waals surface area contributed by atoms with Crippen LogP contribution in [0.25, 0.3) is 0 Å². The van der Waals surface area contributed by atoms with Crippen LogP contribution in [0.15, 0.2) is 22.7 Å². The van der Waals surface area contributed by atoms with Gasteiger partial charge >= 0.3 is 0 Å². The first kappa shape index (κ1) is 6.81. The Kier molecular flexibility index (Phi) is 1.91. The Labute approximate surface area is 64.0 Å². The van der Waals surface area contributed by atoms with Crippen molar-refractivity contribution < 1.29 is 0 Å². The third-order valence-electron chi connectivity index (χ3n) is 1.24. The maximum Gasteiger partial charge on any atom is 0.0207 e. The van der Waals surface area contributed by atoms with Gasteiger partial charge in [0.25, 0.3) is 0 Å². The highest BCUT2D eigenvalue weighted by atomic mass is 79.9. The van der Waals surface area contributed by atoms with Gasteiger partial charge in [-0.05, 0) is 31.0 Å². The summed E-state index contributed by atoms with van der Waals surface area (Å²) < 4.78 is 1.13. The Morgan fingerprint density at radius 3 is 2.56 bits per heavy atom. The summed E-state index contributed by atoms with van der Waals surface area (Å²) in [4.78, 5) is 0. The monoisotopic (exact) mass is 183 g/mol. The van der Waals surface area contributed by atoms with Gasteiger partial charge in [-0.3, -0.25) is 0 Å². The summed E-state index contributed by atoms with van der Waals surface area (Å²) in [6.07, 6.45) is 0. The molecule has 1 radical (unpaired) electrons. The molecule has 47 valence electrons. The highest BCUT2D eigenvalue weighted by Gasteiger charge is 1.90. The SMILES string of the molecule is [CH2]c1ccc(C)c(Br)c1. The molecule has 1 heteroatoms. The van der Waals surface area contributed by atoms with E-state index in [4.69, 9.17) is 0 Å². The van der Waals surface area contributed by atoms with E-state index in [-0.39, 0.29) is 0 Å². The largest absolute Gasteiger partial charge is 0.0587 e. The lowest BCUT2D eigenvalue weighted by molar-refractivity contribution is 1.41. The van der Waals surface area contributed by atoms with E-state index in [9.17, 15) is 0 Å². The number of aryl methyl sites for hydroxylation is 1. The average molecular weight is 184 g/mol. The molecular formula is C8H8Br. The minimum absolute atomic E-state index is 1.05. The van der Waals surface area contributed by atoms with Crippen LogP contribution >= 0.6 is 15.9 Å². The van der Waals surface area contributed by atoms with Gasteiger partial charge in [-0.25, -0.2) is 0 Å². The van der Waals surface area contributed by atoms with Crippen molar-refractivity contribution in [3.63, 3.8) is 0 Å². The molecule has 0 aliphatic rings. The second-order valence-corrected chi connectivity index (χ2v) is 2.94. The predicted octanol–water partition coefficient (Wildman–Crippen LogP) is 2.94. The molecule has 0 bridgehead atoms. The van der Waals surface area contributed by atoms with Gasteiger partial charge in [0.2, 0.25) is 0 Å². The molecule has 1 rings (SSSR count). The van der Waals surface area contributed by atoms with Crippen LogP contribution in [0.4, 0.5) is 0 Å². The van der Waals surface area contributed by atoms with E-state index >= 15 is 0 Å². The molecule has 0 atom stereocenters. The molecule has 0 aromatic heterocycles. The third-order valence-corrected chi connectivity index (χ3v) is 2.09. The molecule has 0 heterocycles. The fourth-order valence-electron chi connectivity index (χ4n) is 0.636. The molecule has 0 fully saturated rings. The highest BCUT2D eigenvalue weighted by Crippen LogP contribution is 2.16. The van der Waals surface area contributed by atoms with E-state index < -0.39 is 0 Å². The van der Waals surface area contributed by atoms with Crippen molar-refractivity contribution in [2.75, 3.05) is 0 Å². The predicted molar refractivity (Wildman–Crippen MR) is 43.3 cm³/mol. The number of rotatable bonds is 0. The van der Waals surface area contributed by atoms with Crippen LogP contribution in [0.2, 0.25) is 0 Å². The van der Waals surface area contributed by atoms with Crippen molar-refractivity contribution in [2.24, 2.45) is 0 Å². The summed E-state index contributed by atoms with van der Waals surface area (Å²) in [6.45, 7) is 5.85. The van der Waals surface area contributed by atoms with E-state index in [1.165, 1.54) is 5.56 Å². The zero-order valence-corrected chi connectivity index (χ0v) is 6.90. The lowest BCUT2D eigenvalue weighted by Gasteiger charge is -1.96. The van der Waals surface area contributed by atoms with Gasteiger partial charge in [0, 0.05) is 4.47 Å². The standard InChI is InChI=1S/C8H8Br/c1-6-3-4-7(2)8(9)5-6/h3-5H,1H2,2H3. The molecule has 0 N–H and O–H groups in total. The second-order valence-electron chi connectivity index (χ2n) is 2.08. The van der Waals surface area contributed by atoms with Crippen LogP contribution in [0.1, 0.15) is 11.1 Å². The van der Waals surface area contributed by atoms with Gasteiger partial charge in [0.1, 0.15) is 0 Å². The van der Waals surface area contributed by atoms with Crippen LogP contribution in [-0.4, -0.2) is 0 Å². The van der Waals surface area contributed by atoms with Crippen molar-refractivity contribution in [1.82, 2.24) is 0 Å². The Balaban J connectivity index is 3.17. The van der Waals surface area contributed by atoms with E-state index in [1.54, 1.807) is 0 Å². The number of halogens is 1. The third kappa shape index (κ3) is 1.55. The van der Waals surface area contributed by atoms with E-state index in [0.29, 0.717) is 0 Å². The lowest BCUT2D eigenvalue weighted by atomic mass is 10.2. The molecule has 0 unspecified atom stereocenters. The molecule has 9 heavy (non-hydrogen) atoms. The summed E-state index contributed by atoms with van der Waals surface area (Å²) in [6, 6.07) is 6.06. The molecule has 0 saturated carbocycles. The van der Waals surface area contributed by atoms with E-state index in [2.05, 4.69) is 29.8 Å². The van der Waals surface area contributed by atoms with Gasteiger partial charge in [-0.2, -0.15) is 0 Å². The van der Waals surface area contributed by atoms with Gasteiger partial charge in [0.15, 0.2) is 0 Å². The zero-order chi connectivity index (χ0) is 6.85. The first-order chi connectivity index (χ1) is 4.20. The molecule has 0 aliphatic carbocycles. The Morgan fingerprint density at radius 2 is 2.11 bits per heavy atom. The minimum Gasteiger partial charge on any atom is -0.0587 e. The summed E-state index contributed by atoms with van der Waals surface area (Å²) in [5, 5.41) is 0. The van der Waals surface area contributed by atoms with Gasteiger partial charge in [0.05, 0.1) is 0 Å². The van der Waals surface area contributed by atoms with Crippen LogP contribution in [0.5, 0.6) is 0 Å². The minimum atomic E-state index is 1.05. The van der Waals surface area contributed by atoms with Crippen LogP contribution in [-0.2, 0) is 0 Å². The maximum atomic E-state index is 3.79. The van der Waals surface area contributed by atoms with Crippen molar-refractivity contribution in [2.45, 2.75) is 6.92 Å². The quantitative estimate of drug-likeness (QED) is 0.581. The summed E-state index contributed by atoms with van der Waals surface area (Å²) in [5.41, 5.74) is 2.30. The van der Waals surface area contributed by atoms with Crippen LogP contribution in [0, 0.1) is 13.8 Å². The summed E-state index contributed by atoms with van der Waals surface area (Å²) in [7, 11) is 0. The summed E-state index contributed by atoms with van der Waals surface area (Å²) in [5.74, 6) is 0. The first-order valence-electron chi connectivity index (χ1n) is 2.78. The maximum absolute atomic E-state index is 3.79. The smallest absolute Gasteiger partial charge is 0.0207 e.